The minimum absolute atomic E-state index is 0.272. The lowest BCUT2D eigenvalue weighted by Crippen LogP contribution is -2.33. The average molecular weight is 289 g/mol. The van der Waals surface area contributed by atoms with Gasteiger partial charge in [-0.1, -0.05) is 6.92 Å². The van der Waals surface area contributed by atoms with Gasteiger partial charge in [-0.05, 0) is 42.3 Å². The zero-order valence-corrected chi connectivity index (χ0v) is 11.5. The lowest BCUT2D eigenvalue weighted by molar-refractivity contribution is 0.608. The third-order valence-corrected chi connectivity index (χ3v) is 3.45. The van der Waals surface area contributed by atoms with Crippen molar-refractivity contribution in [3.8, 4) is 0 Å². The molecule has 1 aromatic carbocycles. The summed E-state index contributed by atoms with van der Waals surface area (Å²) in [4.78, 5) is 2.12. The highest BCUT2D eigenvalue weighted by atomic mass is 79.9. The Morgan fingerprint density at radius 1 is 1.44 bits per heavy atom. The summed E-state index contributed by atoms with van der Waals surface area (Å²) in [5.41, 5.74) is 7.30. The molecule has 1 rings (SSSR count). The van der Waals surface area contributed by atoms with E-state index in [1.54, 1.807) is 6.07 Å². The molecule has 0 bridgehead atoms. The standard InChI is InChI=1S/C12H18BrFN2/c1-4-8(3)16(5-2)12-7-10(14)9(13)6-11(12)15/h6-8H,4-5,15H2,1-3H3. The van der Waals surface area contributed by atoms with E-state index in [9.17, 15) is 4.39 Å². The van der Waals surface area contributed by atoms with Gasteiger partial charge in [-0.15, -0.1) is 0 Å². The Kier molecular flexibility index (Phi) is 4.59. The maximum absolute atomic E-state index is 13.5. The lowest BCUT2D eigenvalue weighted by Gasteiger charge is -2.30. The zero-order chi connectivity index (χ0) is 12.3. The Morgan fingerprint density at radius 2 is 2.06 bits per heavy atom. The first-order valence-electron chi connectivity index (χ1n) is 5.52. The van der Waals surface area contributed by atoms with E-state index in [0.29, 0.717) is 16.2 Å². The van der Waals surface area contributed by atoms with Crippen LogP contribution in [0.25, 0.3) is 0 Å². The molecule has 0 amide bonds. The van der Waals surface area contributed by atoms with E-state index in [-0.39, 0.29) is 5.82 Å². The molecule has 0 heterocycles. The Morgan fingerprint density at radius 3 is 2.56 bits per heavy atom. The van der Waals surface area contributed by atoms with Crippen LogP contribution in [0.3, 0.4) is 0 Å². The van der Waals surface area contributed by atoms with Crippen LogP contribution in [0.1, 0.15) is 27.2 Å². The molecular weight excluding hydrogens is 271 g/mol. The van der Waals surface area contributed by atoms with Crippen LogP contribution in [0.2, 0.25) is 0 Å². The lowest BCUT2D eigenvalue weighted by atomic mass is 10.1. The van der Waals surface area contributed by atoms with Gasteiger partial charge in [0.25, 0.3) is 0 Å². The molecule has 0 aromatic heterocycles. The average Bonchev–Trinajstić information content (AvgIpc) is 2.26. The Bertz CT molecular complexity index is 368. The first-order chi connectivity index (χ1) is 7.51. The second-order valence-electron chi connectivity index (χ2n) is 3.87. The molecule has 2 N–H and O–H groups in total. The molecule has 0 aliphatic heterocycles. The van der Waals surface area contributed by atoms with Crippen LogP contribution < -0.4 is 10.6 Å². The summed E-state index contributed by atoms with van der Waals surface area (Å²) >= 11 is 3.13. The van der Waals surface area contributed by atoms with Crippen molar-refractivity contribution in [2.45, 2.75) is 33.2 Å². The molecule has 0 fully saturated rings. The van der Waals surface area contributed by atoms with E-state index < -0.39 is 0 Å². The van der Waals surface area contributed by atoms with Gasteiger partial charge in [0.2, 0.25) is 0 Å². The quantitative estimate of drug-likeness (QED) is 0.854. The highest BCUT2D eigenvalue weighted by Gasteiger charge is 2.15. The molecule has 0 saturated carbocycles. The molecule has 1 atom stereocenters. The second-order valence-corrected chi connectivity index (χ2v) is 4.72. The summed E-state index contributed by atoms with van der Waals surface area (Å²) in [5, 5.41) is 0. The van der Waals surface area contributed by atoms with Crippen LogP contribution in [0.4, 0.5) is 15.8 Å². The molecule has 0 aliphatic carbocycles. The van der Waals surface area contributed by atoms with Crippen LogP contribution in [0.15, 0.2) is 16.6 Å². The van der Waals surface area contributed by atoms with Crippen LogP contribution in [-0.4, -0.2) is 12.6 Å². The summed E-state index contributed by atoms with van der Waals surface area (Å²) < 4.78 is 13.9. The maximum atomic E-state index is 13.5. The molecule has 0 saturated heterocycles. The van der Waals surface area contributed by atoms with Crippen LogP contribution >= 0.6 is 15.9 Å². The Labute approximate surface area is 105 Å². The fourth-order valence-electron chi connectivity index (χ4n) is 1.74. The number of halogens is 2. The summed E-state index contributed by atoms with van der Waals surface area (Å²) in [6.45, 7) is 7.09. The van der Waals surface area contributed by atoms with Crippen molar-refractivity contribution in [1.29, 1.82) is 0 Å². The number of nitrogens with two attached hydrogens (primary N) is 1. The van der Waals surface area contributed by atoms with Crippen molar-refractivity contribution in [2.75, 3.05) is 17.2 Å². The first-order valence-corrected chi connectivity index (χ1v) is 6.31. The molecule has 0 radical (unpaired) electrons. The zero-order valence-electron chi connectivity index (χ0n) is 9.93. The number of anilines is 2. The minimum Gasteiger partial charge on any atom is -0.397 e. The SMILES string of the molecule is CCC(C)N(CC)c1cc(F)c(Br)cc1N. The van der Waals surface area contributed by atoms with Crippen molar-refractivity contribution in [3.05, 3.63) is 22.4 Å². The molecule has 1 aromatic rings. The van der Waals surface area contributed by atoms with Crippen molar-refractivity contribution < 1.29 is 4.39 Å². The van der Waals surface area contributed by atoms with Gasteiger partial charge >= 0.3 is 0 Å². The molecule has 16 heavy (non-hydrogen) atoms. The van der Waals surface area contributed by atoms with Crippen molar-refractivity contribution in [2.24, 2.45) is 0 Å². The summed E-state index contributed by atoms with van der Waals surface area (Å²) in [7, 11) is 0. The van der Waals surface area contributed by atoms with Gasteiger partial charge in [0, 0.05) is 18.7 Å². The predicted octanol–water partition coefficient (Wildman–Crippen LogP) is 3.80. The van der Waals surface area contributed by atoms with Gasteiger partial charge in [-0.25, -0.2) is 4.39 Å². The maximum Gasteiger partial charge on any atom is 0.139 e. The number of benzene rings is 1. The number of nitrogens with zero attached hydrogens (tertiary/aromatic N) is 1. The number of nitrogen functional groups attached to an aromatic ring is 1. The van der Waals surface area contributed by atoms with Gasteiger partial charge in [0.05, 0.1) is 15.8 Å². The van der Waals surface area contributed by atoms with Crippen LogP contribution in [-0.2, 0) is 0 Å². The Hall–Kier alpha value is -0.770. The summed E-state index contributed by atoms with van der Waals surface area (Å²) in [5.74, 6) is -0.272. The molecule has 2 nitrogen and oxygen atoms in total. The molecule has 4 heteroatoms. The fourth-order valence-corrected chi connectivity index (χ4v) is 2.10. The van der Waals surface area contributed by atoms with Gasteiger partial charge in [0.15, 0.2) is 0 Å². The Balaban J connectivity index is 3.15. The van der Waals surface area contributed by atoms with Gasteiger partial charge in [0.1, 0.15) is 5.82 Å². The molecule has 0 spiro atoms. The normalized spacial score (nSPS) is 12.6. The van der Waals surface area contributed by atoms with Gasteiger partial charge in [-0.2, -0.15) is 0 Å². The van der Waals surface area contributed by atoms with Crippen LogP contribution in [0.5, 0.6) is 0 Å². The summed E-state index contributed by atoms with van der Waals surface area (Å²) in [6.07, 6.45) is 1.00. The van der Waals surface area contributed by atoms with E-state index in [2.05, 4.69) is 34.7 Å². The number of hydrogen-bond acceptors (Lipinski definition) is 2. The first kappa shape index (κ1) is 13.3. The van der Waals surface area contributed by atoms with Crippen molar-refractivity contribution in [3.63, 3.8) is 0 Å². The predicted molar refractivity (Wildman–Crippen MR) is 71.3 cm³/mol. The van der Waals surface area contributed by atoms with E-state index in [1.807, 2.05) is 6.92 Å². The van der Waals surface area contributed by atoms with E-state index in [4.69, 9.17) is 5.73 Å². The highest BCUT2D eigenvalue weighted by molar-refractivity contribution is 9.10. The molecule has 0 aliphatic rings. The topological polar surface area (TPSA) is 29.3 Å². The monoisotopic (exact) mass is 288 g/mol. The molecular formula is C12H18BrFN2. The molecule has 90 valence electrons. The number of rotatable bonds is 4. The fraction of sp³-hybridized carbons (Fsp3) is 0.500. The third kappa shape index (κ3) is 2.67. The number of hydrogen-bond donors (Lipinski definition) is 1. The van der Waals surface area contributed by atoms with Crippen molar-refractivity contribution in [1.82, 2.24) is 0 Å². The van der Waals surface area contributed by atoms with Gasteiger partial charge < -0.3 is 10.6 Å². The van der Waals surface area contributed by atoms with E-state index in [1.165, 1.54) is 6.07 Å². The third-order valence-electron chi connectivity index (χ3n) is 2.84. The van der Waals surface area contributed by atoms with Gasteiger partial charge in [-0.3, -0.25) is 0 Å². The van der Waals surface area contributed by atoms with E-state index >= 15 is 0 Å². The highest BCUT2D eigenvalue weighted by Crippen LogP contribution is 2.30. The minimum atomic E-state index is -0.272. The second kappa shape index (κ2) is 5.53. The smallest absolute Gasteiger partial charge is 0.139 e. The van der Waals surface area contributed by atoms with Crippen molar-refractivity contribution >= 4 is 27.3 Å². The van der Waals surface area contributed by atoms with Crippen LogP contribution in [0, 0.1) is 5.82 Å². The largest absolute Gasteiger partial charge is 0.397 e. The molecule has 1 unspecified atom stereocenters. The van der Waals surface area contributed by atoms with E-state index in [0.717, 1.165) is 18.7 Å². The summed E-state index contributed by atoms with van der Waals surface area (Å²) in [6, 6.07) is 3.47.